The van der Waals surface area contributed by atoms with Crippen molar-refractivity contribution < 1.29 is 19.1 Å². The molecule has 0 rings (SSSR count). The van der Waals surface area contributed by atoms with E-state index in [1.807, 2.05) is 13.8 Å². The number of likely N-dealkylation sites (N-methyl/N-ethyl adjacent to an activating group) is 1. The van der Waals surface area contributed by atoms with Crippen LogP contribution in [0, 0.1) is 5.92 Å². The van der Waals surface area contributed by atoms with Gasteiger partial charge in [-0.1, -0.05) is 13.8 Å². The second kappa shape index (κ2) is 8.91. The Morgan fingerprint density at radius 3 is 2.11 bits per heavy atom. The number of esters is 2. The van der Waals surface area contributed by atoms with Gasteiger partial charge in [0, 0.05) is 0 Å². The van der Waals surface area contributed by atoms with E-state index >= 15 is 0 Å². The first kappa shape index (κ1) is 16.9. The fourth-order valence-electron chi connectivity index (χ4n) is 1.66. The minimum Gasteiger partial charge on any atom is -0.465 e. The number of carbonyl (C=O) groups is 2. The summed E-state index contributed by atoms with van der Waals surface area (Å²) in [4.78, 5) is 24.9. The normalized spacial score (nSPS) is 12.6. The average Bonchev–Trinajstić information content (AvgIpc) is 2.25. The van der Waals surface area contributed by atoms with Gasteiger partial charge in [-0.15, -0.1) is 0 Å². The van der Waals surface area contributed by atoms with Crippen molar-refractivity contribution in [3.05, 3.63) is 0 Å². The first-order chi connectivity index (χ1) is 8.42. The van der Waals surface area contributed by atoms with Gasteiger partial charge in [-0.2, -0.15) is 0 Å². The zero-order valence-corrected chi connectivity index (χ0v) is 12.1. The van der Waals surface area contributed by atoms with Gasteiger partial charge in [-0.25, -0.2) is 0 Å². The van der Waals surface area contributed by atoms with Crippen LogP contribution in [0.2, 0.25) is 0 Å². The van der Waals surface area contributed by atoms with Crippen molar-refractivity contribution in [2.45, 2.75) is 40.2 Å². The van der Waals surface area contributed by atoms with Crippen molar-refractivity contribution in [1.29, 1.82) is 0 Å². The lowest BCUT2D eigenvalue weighted by Gasteiger charge is -2.26. The summed E-state index contributed by atoms with van der Waals surface area (Å²) in [5.74, 6) is -0.250. The summed E-state index contributed by atoms with van der Waals surface area (Å²) in [6.45, 7) is 8.39. The van der Waals surface area contributed by atoms with E-state index in [1.165, 1.54) is 0 Å². The predicted octanol–water partition coefficient (Wildman–Crippen LogP) is 1.46. The largest absolute Gasteiger partial charge is 0.465 e. The molecular formula is C13H25NO4. The Morgan fingerprint density at radius 1 is 1.11 bits per heavy atom. The maximum Gasteiger partial charge on any atom is 0.323 e. The number of nitrogens with zero attached hydrogens (tertiary/aromatic N) is 1. The summed E-state index contributed by atoms with van der Waals surface area (Å²) < 4.78 is 9.91. The maximum atomic E-state index is 11.8. The van der Waals surface area contributed by atoms with Crippen molar-refractivity contribution >= 4 is 11.9 Å². The highest BCUT2D eigenvalue weighted by atomic mass is 16.5. The van der Waals surface area contributed by atoms with Crippen molar-refractivity contribution in [3.63, 3.8) is 0 Å². The Bertz CT molecular complexity index is 266. The molecule has 0 unspecified atom stereocenters. The smallest absolute Gasteiger partial charge is 0.323 e. The second-order valence-electron chi connectivity index (χ2n) is 4.62. The SMILES string of the molecule is CCOC(=O)CN(C)[C@H](CC(C)C)C(=O)OCC. The third-order valence-corrected chi connectivity index (χ3v) is 2.47. The van der Waals surface area contributed by atoms with Crippen LogP contribution in [-0.4, -0.2) is 49.7 Å². The number of rotatable bonds is 8. The van der Waals surface area contributed by atoms with Crippen LogP contribution in [0.4, 0.5) is 0 Å². The van der Waals surface area contributed by atoms with Crippen molar-refractivity contribution in [3.8, 4) is 0 Å². The molecule has 0 aliphatic heterocycles. The molecule has 0 aliphatic rings. The van der Waals surface area contributed by atoms with E-state index in [0.717, 1.165) is 0 Å². The van der Waals surface area contributed by atoms with Gasteiger partial charge in [0.15, 0.2) is 0 Å². The molecule has 0 aromatic heterocycles. The van der Waals surface area contributed by atoms with Crippen LogP contribution in [0.25, 0.3) is 0 Å². The maximum absolute atomic E-state index is 11.8. The lowest BCUT2D eigenvalue weighted by molar-refractivity contribution is -0.152. The summed E-state index contributed by atoms with van der Waals surface area (Å²) in [7, 11) is 1.74. The number of ether oxygens (including phenoxy) is 2. The molecular weight excluding hydrogens is 234 g/mol. The topological polar surface area (TPSA) is 55.8 Å². The molecule has 0 aromatic rings. The predicted molar refractivity (Wildman–Crippen MR) is 69.1 cm³/mol. The summed E-state index contributed by atoms with van der Waals surface area (Å²) in [6, 6.07) is -0.394. The third-order valence-electron chi connectivity index (χ3n) is 2.47. The quantitative estimate of drug-likeness (QED) is 0.618. The first-order valence-electron chi connectivity index (χ1n) is 6.44. The van der Waals surface area contributed by atoms with E-state index in [2.05, 4.69) is 0 Å². The van der Waals surface area contributed by atoms with Gasteiger partial charge in [0.2, 0.25) is 0 Å². The molecule has 1 atom stereocenters. The van der Waals surface area contributed by atoms with Crippen LogP contribution in [0.5, 0.6) is 0 Å². The van der Waals surface area contributed by atoms with Crippen LogP contribution >= 0.6 is 0 Å². The van der Waals surface area contributed by atoms with Gasteiger partial charge in [0.25, 0.3) is 0 Å². The van der Waals surface area contributed by atoms with Gasteiger partial charge in [0.1, 0.15) is 6.04 Å². The molecule has 5 nitrogen and oxygen atoms in total. The molecule has 0 spiro atoms. The van der Waals surface area contributed by atoms with Gasteiger partial charge >= 0.3 is 11.9 Å². The fourth-order valence-corrected chi connectivity index (χ4v) is 1.66. The second-order valence-corrected chi connectivity index (χ2v) is 4.62. The van der Waals surface area contributed by atoms with Crippen LogP contribution in [0.1, 0.15) is 34.1 Å². The molecule has 0 bridgehead atoms. The molecule has 0 heterocycles. The molecule has 0 aromatic carbocycles. The molecule has 0 saturated carbocycles. The van der Waals surface area contributed by atoms with Gasteiger partial charge < -0.3 is 9.47 Å². The molecule has 18 heavy (non-hydrogen) atoms. The molecule has 5 heteroatoms. The molecule has 0 aliphatic carbocycles. The Kier molecular flexibility index (Phi) is 8.37. The molecule has 0 radical (unpaired) electrons. The number of hydrogen-bond donors (Lipinski definition) is 0. The Morgan fingerprint density at radius 2 is 1.67 bits per heavy atom. The molecule has 0 fully saturated rings. The van der Waals surface area contributed by atoms with Crippen LogP contribution in [-0.2, 0) is 19.1 Å². The summed E-state index contributed by atoms with van der Waals surface area (Å²) in [5.41, 5.74) is 0. The highest BCUT2D eigenvalue weighted by Crippen LogP contribution is 2.12. The minimum absolute atomic E-state index is 0.101. The van der Waals surface area contributed by atoms with Crippen molar-refractivity contribution in [2.24, 2.45) is 5.92 Å². The monoisotopic (exact) mass is 259 g/mol. The minimum atomic E-state index is -0.394. The average molecular weight is 259 g/mol. The standard InChI is InChI=1S/C13H25NO4/c1-6-17-12(15)9-14(5)11(8-10(3)4)13(16)18-7-2/h10-11H,6-9H2,1-5H3/t11-/m1/s1. The Balaban J connectivity index is 4.53. The van der Waals surface area contributed by atoms with E-state index in [4.69, 9.17) is 9.47 Å². The van der Waals surface area contributed by atoms with Gasteiger partial charge in [-0.3, -0.25) is 14.5 Å². The van der Waals surface area contributed by atoms with Crippen molar-refractivity contribution in [1.82, 2.24) is 4.90 Å². The highest BCUT2D eigenvalue weighted by molar-refractivity contribution is 5.77. The zero-order chi connectivity index (χ0) is 14.1. The van der Waals surface area contributed by atoms with E-state index in [9.17, 15) is 9.59 Å². The van der Waals surface area contributed by atoms with E-state index in [1.54, 1.807) is 25.8 Å². The fraction of sp³-hybridized carbons (Fsp3) is 0.846. The molecule has 106 valence electrons. The van der Waals surface area contributed by atoms with Gasteiger partial charge in [0.05, 0.1) is 19.8 Å². The van der Waals surface area contributed by atoms with Crippen LogP contribution < -0.4 is 0 Å². The summed E-state index contributed by atoms with van der Waals surface area (Å²) >= 11 is 0. The van der Waals surface area contributed by atoms with E-state index in [0.29, 0.717) is 25.6 Å². The molecule has 0 saturated heterocycles. The third kappa shape index (κ3) is 6.59. The molecule has 0 N–H and O–H groups in total. The number of hydrogen-bond acceptors (Lipinski definition) is 5. The Hall–Kier alpha value is -1.10. The summed E-state index contributed by atoms with van der Waals surface area (Å²) in [5, 5.41) is 0. The van der Waals surface area contributed by atoms with E-state index in [-0.39, 0.29) is 18.5 Å². The van der Waals surface area contributed by atoms with Gasteiger partial charge in [-0.05, 0) is 33.2 Å². The first-order valence-corrected chi connectivity index (χ1v) is 6.44. The molecule has 0 amide bonds. The van der Waals surface area contributed by atoms with E-state index < -0.39 is 6.04 Å². The lowest BCUT2D eigenvalue weighted by Crippen LogP contribution is -2.43. The van der Waals surface area contributed by atoms with Crippen LogP contribution in [0.15, 0.2) is 0 Å². The number of carbonyl (C=O) groups excluding carboxylic acids is 2. The van der Waals surface area contributed by atoms with Crippen molar-refractivity contribution in [2.75, 3.05) is 26.8 Å². The summed E-state index contributed by atoms with van der Waals surface area (Å²) in [6.07, 6.45) is 0.661. The Labute approximate surface area is 109 Å². The zero-order valence-electron chi connectivity index (χ0n) is 12.1. The highest BCUT2D eigenvalue weighted by Gasteiger charge is 2.27. The van der Waals surface area contributed by atoms with Crippen LogP contribution in [0.3, 0.4) is 0 Å². The lowest BCUT2D eigenvalue weighted by atomic mass is 10.0.